The molecule has 2 nitrogen and oxygen atoms in total. The van der Waals surface area contributed by atoms with Gasteiger partial charge in [0, 0.05) is 16.5 Å². The summed E-state index contributed by atoms with van der Waals surface area (Å²) in [5.74, 6) is 0.888. The Bertz CT molecular complexity index is 616. The van der Waals surface area contributed by atoms with E-state index in [2.05, 4.69) is 15.9 Å². The zero-order valence-corrected chi connectivity index (χ0v) is 12.4. The third-order valence-corrected chi connectivity index (χ3v) is 5.29. The molecule has 0 N–H and O–H groups in total. The Hall–Kier alpha value is -0.840. The number of thiophene rings is 1. The minimum absolute atomic E-state index is 0.00213. The minimum atomic E-state index is 0.00213. The first kappa shape index (κ1) is 12.2. The number of ether oxygens (including phenoxy) is 1. The van der Waals surface area contributed by atoms with Crippen molar-refractivity contribution in [2.75, 3.05) is 6.61 Å². The van der Waals surface area contributed by atoms with Gasteiger partial charge < -0.3 is 4.74 Å². The molecule has 1 aromatic heterocycles. The zero-order valence-electron chi connectivity index (χ0n) is 9.20. The summed E-state index contributed by atoms with van der Waals surface area (Å²) < 4.78 is 6.79. The van der Waals surface area contributed by atoms with Gasteiger partial charge in [-0.3, -0.25) is 4.79 Å². The first-order chi connectivity index (χ1) is 8.65. The van der Waals surface area contributed by atoms with Gasteiger partial charge in [-0.2, -0.15) is 0 Å². The molecule has 5 heteroatoms. The van der Waals surface area contributed by atoms with Crippen molar-refractivity contribution in [2.24, 2.45) is 0 Å². The Labute approximate surface area is 122 Å². The van der Waals surface area contributed by atoms with E-state index in [0.717, 1.165) is 22.2 Å². The Morgan fingerprint density at radius 2 is 2.22 bits per heavy atom. The molecule has 18 heavy (non-hydrogen) atoms. The second kappa shape index (κ2) is 4.68. The maximum absolute atomic E-state index is 12.3. The van der Waals surface area contributed by atoms with E-state index in [1.165, 1.54) is 11.3 Å². The van der Waals surface area contributed by atoms with Crippen molar-refractivity contribution in [3.63, 3.8) is 0 Å². The summed E-state index contributed by atoms with van der Waals surface area (Å²) in [6, 6.07) is 7.33. The maximum atomic E-state index is 12.3. The van der Waals surface area contributed by atoms with E-state index in [-0.39, 0.29) is 5.78 Å². The van der Waals surface area contributed by atoms with Crippen LogP contribution in [0.25, 0.3) is 0 Å². The van der Waals surface area contributed by atoms with Crippen molar-refractivity contribution in [3.8, 4) is 5.75 Å². The number of hydrogen-bond donors (Lipinski definition) is 0. The standard InChI is InChI=1S/C13H8BrClO2S/c14-9-6-11(18-13(9)15)12(16)8-1-2-10-7(5-8)3-4-17-10/h1-2,5-6H,3-4H2. The molecule has 1 aromatic carbocycles. The first-order valence-corrected chi connectivity index (χ1v) is 7.39. The van der Waals surface area contributed by atoms with Gasteiger partial charge in [0.25, 0.3) is 0 Å². The lowest BCUT2D eigenvalue weighted by molar-refractivity contribution is 0.104. The van der Waals surface area contributed by atoms with Crippen LogP contribution in [0.15, 0.2) is 28.7 Å². The van der Waals surface area contributed by atoms with Gasteiger partial charge in [0.2, 0.25) is 5.78 Å². The Balaban J connectivity index is 1.97. The topological polar surface area (TPSA) is 26.3 Å². The predicted molar refractivity (Wildman–Crippen MR) is 76.1 cm³/mol. The molecule has 0 saturated heterocycles. The summed E-state index contributed by atoms with van der Waals surface area (Å²) in [6.07, 6.45) is 0.866. The first-order valence-electron chi connectivity index (χ1n) is 5.40. The number of fused-ring (bicyclic) bond motifs is 1. The SMILES string of the molecule is O=C(c1ccc2c(c1)CCO2)c1cc(Br)c(Cl)s1. The number of ketones is 1. The summed E-state index contributed by atoms with van der Waals surface area (Å²) >= 11 is 10.6. The van der Waals surface area contributed by atoms with Gasteiger partial charge in [-0.1, -0.05) is 11.6 Å². The van der Waals surface area contributed by atoms with Crippen molar-refractivity contribution < 1.29 is 9.53 Å². The molecule has 0 radical (unpaired) electrons. The average Bonchev–Trinajstić information content (AvgIpc) is 2.95. The highest BCUT2D eigenvalue weighted by atomic mass is 79.9. The molecule has 2 heterocycles. The van der Waals surface area contributed by atoms with Crippen molar-refractivity contribution in [1.29, 1.82) is 0 Å². The van der Waals surface area contributed by atoms with Crippen LogP contribution in [0.2, 0.25) is 4.34 Å². The lowest BCUT2D eigenvalue weighted by atomic mass is 10.0. The van der Waals surface area contributed by atoms with Crippen molar-refractivity contribution in [2.45, 2.75) is 6.42 Å². The van der Waals surface area contributed by atoms with Crippen LogP contribution >= 0.6 is 38.9 Å². The molecule has 0 fully saturated rings. The molecule has 0 unspecified atom stereocenters. The fraction of sp³-hybridized carbons (Fsp3) is 0.154. The summed E-state index contributed by atoms with van der Waals surface area (Å²) in [7, 11) is 0. The molecule has 0 bridgehead atoms. The number of rotatable bonds is 2. The van der Waals surface area contributed by atoms with E-state index < -0.39 is 0 Å². The molecular formula is C13H8BrClO2S. The molecule has 0 spiro atoms. The Morgan fingerprint density at radius 1 is 1.39 bits per heavy atom. The number of benzene rings is 1. The highest BCUT2D eigenvalue weighted by Gasteiger charge is 2.18. The van der Waals surface area contributed by atoms with Crippen LogP contribution in [0, 0.1) is 0 Å². The van der Waals surface area contributed by atoms with Gasteiger partial charge in [-0.05, 0) is 45.8 Å². The van der Waals surface area contributed by atoms with E-state index in [1.54, 1.807) is 12.1 Å². The summed E-state index contributed by atoms with van der Waals surface area (Å²) in [6.45, 7) is 0.698. The molecule has 1 aliphatic heterocycles. The number of hydrogen-bond acceptors (Lipinski definition) is 3. The van der Waals surface area contributed by atoms with Crippen LogP contribution < -0.4 is 4.74 Å². The molecule has 92 valence electrons. The lowest BCUT2D eigenvalue weighted by Crippen LogP contribution is -1.98. The van der Waals surface area contributed by atoms with Crippen LogP contribution in [0.5, 0.6) is 5.75 Å². The molecule has 0 atom stereocenters. The third-order valence-electron chi connectivity index (χ3n) is 2.82. The third kappa shape index (κ3) is 2.09. The molecule has 0 aliphatic carbocycles. The van der Waals surface area contributed by atoms with Gasteiger partial charge >= 0.3 is 0 Å². The fourth-order valence-electron chi connectivity index (χ4n) is 1.93. The van der Waals surface area contributed by atoms with Gasteiger partial charge in [0.05, 0.1) is 11.5 Å². The van der Waals surface area contributed by atoms with Gasteiger partial charge in [0.15, 0.2) is 0 Å². The van der Waals surface area contributed by atoms with Crippen LogP contribution in [-0.4, -0.2) is 12.4 Å². The minimum Gasteiger partial charge on any atom is -0.493 e. The molecule has 0 amide bonds. The van der Waals surface area contributed by atoms with Gasteiger partial charge in [0.1, 0.15) is 10.1 Å². The maximum Gasteiger partial charge on any atom is 0.203 e. The highest BCUT2D eigenvalue weighted by molar-refractivity contribution is 9.10. The number of halogens is 2. The van der Waals surface area contributed by atoms with E-state index in [0.29, 0.717) is 21.4 Å². The quantitative estimate of drug-likeness (QED) is 0.759. The second-order valence-electron chi connectivity index (χ2n) is 3.98. The second-order valence-corrected chi connectivity index (χ2v) is 6.49. The smallest absolute Gasteiger partial charge is 0.203 e. The summed E-state index contributed by atoms with van der Waals surface area (Å²) in [5.41, 5.74) is 1.78. The van der Waals surface area contributed by atoms with Crippen molar-refractivity contribution in [3.05, 3.63) is 49.1 Å². The van der Waals surface area contributed by atoms with Crippen molar-refractivity contribution >= 4 is 44.7 Å². The van der Waals surface area contributed by atoms with E-state index in [9.17, 15) is 4.79 Å². The van der Waals surface area contributed by atoms with Crippen LogP contribution in [0.1, 0.15) is 20.8 Å². The fourth-order valence-corrected chi connectivity index (χ4v) is 3.59. The Kier molecular flexibility index (Phi) is 3.18. The monoisotopic (exact) mass is 342 g/mol. The molecular weight excluding hydrogens is 336 g/mol. The van der Waals surface area contributed by atoms with Crippen LogP contribution in [-0.2, 0) is 6.42 Å². The van der Waals surface area contributed by atoms with Crippen LogP contribution in [0.4, 0.5) is 0 Å². The van der Waals surface area contributed by atoms with Crippen LogP contribution in [0.3, 0.4) is 0 Å². The lowest BCUT2D eigenvalue weighted by Gasteiger charge is -2.01. The zero-order chi connectivity index (χ0) is 12.7. The molecule has 2 aromatic rings. The highest BCUT2D eigenvalue weighted by Crippen LogP contribution is 2.34. The summed E-state index contributed by atoms with van der Waals surface area (Å²) in [5, 5.41) is 0. The van der Waals surface area contributed by atoms with E-state index in [1.807, 2.05) is 12.1 Å². The summed E-state index contributed by atoms with van der Waals surface area (Å²) in [4.78, 5) is 12.9. The van der Waals surface area contributed by atoms with E-state index >= 15 is 0 Å². The number of carbonyl (C=O) groups is 1. The van der Waals surface area contributed by atoms with Crippen molar-refractivity contribution in [1.82, 2.24) is 0 Å². The van der Waals surface area contributed by atoms with E-state index in [4.69, 9.17) is 16.3 Å². The molecule has 1 aliphatic rings. The average molecular weight is 344 g/mol. The molecule has 3 rings (SSSR count). The molecule has 0 saturated carbocycles. The largest absolute Gasteiger partial charge is 0.493 e. The predicted octanol–water partition coefficient (Wildman–Crippen LogP) is 4.33. The Morgan fingerprint density at radius 3 is 2.94 bits per heavy atom. The van der Waals surface area contributed by atoms with Gasteiger partial charge in [-0.25, -0.2) is 0 Å². The van der Waals surface area contributed by atoms with Gasteiger partial charge in [-0.15, -0.1) is 11.3 Å². The normalized spacial score (nSPS) is 13.2. The number of carbonyl (C=O) groups excluding carboxylic acids is 1.